The first-order valence-corrected chi connectivity index (χ1v) is 6.57. The van der Waals surface area contributed by atoms with Crippen LogP contribution in [0.2, 0.25) is 5.02 Å². The maximum atomic E-state index is 11.8. The van der Waals surface area contributed by atoms with E-state index in [4.69, 9.17) is 17.3 Å². The highest BCUT2D eigenvalue weighted by molar-refractivity contribution is 6.33. The summed E-state index contributed by atoms with van der Waals surface area (Å²) < 4.78 is 0. The van der Waals surface area contributed by atoms with E-state index in [2.05, 4.69) is 24.1 Å². The number of amides is 1. The van der Waals surface area contributed by atoms with Gasteiger partial charge in [-0.1, -0.05) is 38.3 Å². The van der Waals surface area contributed by atoms with E-state index in [-0.39, 0.29) is 5.91 Å². The van der Waals surface area contributed by atoms with Gasteiger partial charge < -0.3 is 11.1 Å². The number of hydrogen-bond donors (Lipinski definition) is 2. The van der Waals surface area contributed by atoms with E-state index in [9.17, 15) is 4.79 Å². The number of hydrogen-bond acceptors (Lipinski definition) is 3. The lowest BCUT2D eigenvalue weighted by Gasteiger charge is -2.08. The number of aromatic nitrogens is 1. The quantitative estimate of drug-likeness (QED) is 0.781. The van der Waals surface area contributed by atoms with E-state index < -0.39 is 0 Å². The third kappa shape index (κ3) is 4.92. The van der Waals surface area contributed by atoms with E-state index in [1.807, 2.05) is 0 Å². The lowest BCUT2D eigenvalue weighted by Crippen LogP contribution is -2.25. The summed E-state index contributed by atoms with van der Waals surface area (Å²) in [4.78, 5) is 15.7. The molecule has 18 heavy (non-hydrogen) atoms. The largest absolute Gasteiger partial charge is 0.384 e. The summed E-state index contributed by atoms with van der Waals surface area (Å²) >= 11 is 5.89. The number of carbonyl (C=O) groups excluding carboxylic acids is 1. The van der Waals surface area contributed by atoms with Crippen molar-refractivity contribution in [1.29, 1.82) is 0 Å². The third-order valence-electron chi connectivity index (χ3n) is 2.61. The van der Waals surface area contributed by atoms with Crippen molar-refractivity contribution in [2.75, 3.05) is 12.3 Å². The molecule has 0 radical (unpaired) electrons. The minimum Gasteiger partial charge on any atom is -0.384 e. The van der Waals surface area contributed by atoms with Crippen molar-refractivity contribution in [3.05, 3.63) is 22.8 Å². The standard InChI is InChI=1S/C13H20ClN3O/c1-9(2)5-3-4-6-16-13(18)10-7-12(15)17-8-11(10)14/h7-9H,3-6H2,1-2H3,(H2,15,17)(H,16,18). The number of anilines is 1. The van der Waals surface area contributed by atoms with Crippen molar-refractivity contribution < 1.29 is 4.79 Å². The summed E-state index contributed by atoms with van der Waals surface area (Å²) in [7, 11) is 0. The predicted molar refractivity (Wildman–Crippen MR) is 74.7 cm³/mol. The molecule has 3 N–H and O–H groups in total. The van der Waals surface area contributed by atoms with Gasteiger partial charge in [0.15, 0.2) is 0 Å². The van der Waals surface area contributed by atoms with Crippen LogP contribution in [0.5, 0.6) is 0 Å². The highest BCUT2D eigenvalue weighted by Crippen LogP contribution is 2.16. The molecule has 0 aliphatic heterocycles. The molecule has 0 aromatic carbocycles. The summed E-state index contributed by atoms with van der Waals surface area (Å²) in [5.41, 5.74) is 5.91. The molecule has 5 heteroatoms. The summed E-state index contributed by atoms with van der Waals surface area (Å²) in [6.07, 6.45) is 4.66. The van der Waals surface area contributed by atoms with E-state index in [1.165, 1.54) is 18.7 Å². The van der Waals surface area contributed by atoms with Crippen LogP contribution < -0.4 is 11.1 Å². The molecule has 0 saturated heterocycles. The van der Waals surface area contributed by atoms with Crippen molar-refractivity contribution in [2.24, 2.45) is 5.92 Å². The summed E-state index contributed by atoms with van der Waals surface area (Å²) in [6.45, 7) is 5.04. The van der Waals surface area contributed by atoms with Crippen LogP contribution in [-0.4, -0.2) is 17.4 Å². The number of unbranched alkanes of at least 4 members (excludes halogenated alkanes) is 1. The van der Waals surface area contributed by atoms with Gasteiger partial charge in [0.1, 0.15) is 5.82 Å². The molecule has 100 valence electrons. The third-order valence-corrected chi connectivity index (χ3v) is 2.92. The van der Waals surface area contributed by atoms with Crippen LogP contribution in [0.25, 0.3) is 0 Å². The molecule has 0 fully saturated rings. The molecule has 1 aromatic rings. The predicted octanol–water partition coefficient (Wildman–Crippen LogP) is 2.87. The molecule has 1 heterocycles. The maximum Gasteiger partial charge on any atom is 0.252 e. The first-order chi connectivity index (χ1) is 8.50. The van der Waals surface area contributed by atoms with Gasteiger partial charge in [-0.25, -0.2) is 4.98 Å². The van der Waals surface area contributed by atoms with Crippen LogP contribution in [0.4, 0.5) is 5.82 Å². The second-order valence-corrected chi connectivity index (χ2v) is 5.14. The van der Waals surface area contributed by atoms with Gasteiger partial charge in [0.25, 0.3) is 5.91 Å². The van der Waals surface area contributed by atoms with Gasteiger partial charge in [-0.15, -0.1) is 0 Å². The molecule has 0 spiro atoms. The Bertz CT molecular complexity index is 407. The fraction of sp³-hybridized carbons (Fsp3) is 0.538. The number of carbonyl (C=O) groups is 1. The molecule has 4 nitrogen and oxygen atoms in total. The van der Waals surface area contributed by atoms with Gasteiger partial charge >= 0.3 is 0 Å². The van der Waals surface area contributed by atoms with E-state index in [1.54, 1.807) is 0 Å². The summed E-state index contributed by atoms with van der Waals surface area (Å²) in [6, 6.07) is 1.49. The SMILES string of the molecule is CC(C)CCCCNC(=O)c1cc(N)ncc1Cl. The molecule has 0 aliphatic carbocycles. The van der Waals surface area contributed by atoms with Gasteiger partial charge in [0, 0.05) is 12.7 Å². The number of nitrogens with zero attached hydrogens (tertiary/aromatic N) is 1. The van der Waals surface area contributed by atoms with Crippen molar-refractivity contribution in [1.82, 2.24) is 10.3 Å². The number of nitrogens with two attached hydrogens (primary N) is 1. The van der Waals surface area contributed by atoms with Gasteiger partial charge in [-0.2, -0.15) is 0 Å². The molecular weight excluding hydrogens is 250 g/mol. The average Bonchev–Trinajstić information content (AvgIpc) is 2.31. The Kier molecular flexibility index (Phi) is 5.92. The zero-order valence-electron chi connectivity index (χ0n) is 10.9. The van der Waals surface area contributed by atoms with Crippen molar-refractivity contribution in [3.63, 3.8) is 0 Å². The van der Waals surface area contributed by atoms with Crippen LogP contribution >= 0.6 is 11.6 Å². The first-order valence-electron chi connectivity index (χ1n) is 6.20. The summed E-state index contributed by atoms with van der Waals surface area (Å²) in [5, 5.41) is 3.16. The molecule has 0 atom stereocenters. The fourth-order valence-corrected chi connectivity index (χ4v) is 1.79. The van der Waals surface area contributed by atoms with Gasteiger partial charge in [0.05, 0.1) is 10.6 Å². The van der Waals surface area contributed by atoms with Crippen LogP contribution in [0.1, 0.15) is 43.5 Å². The van der Waals surface area contributed by atoms with Gasteiger partial charge in [-0.3, -0.25) is 4.79 Å². The smallest absolute Gasteiger partial charge is 0.252 e. The Hall–Kier alpha value is -1.29. The number of rotatable bonds is 6. The molecule has 1 amide bonds. The lowest BCUT2D eigenvalue weighted by atomic mass is 10.1. The molecule has 0 saturated carbocycles. The summed E-state index contributed by atoms with van der Waals surface area (Å²) in [5.74, 6) is 0.804. The normalized spacial score (nSPS) is 10.7. The van der Waals surface area contributed by atoms with Gasteiger partial charge in [0.2, 0.25) is 0 Å². The Morgan fingerprint density at radius 2 is 2.22 bits per heavy atom. The molecular formula is C13H20ClN3O. The Labute approximate surface area is 113 Å². The zero-order valence-corrected chi connectivity index (χ0v) is 11.6. The second kappa shape index (κ2) is 7.21. The zero-order chi connectivity index (χ0) is 13.5. The Balaban J connectivity index is 2.39. The molecule has 0 bridgehead atoms. The number of halogens is 1. The van der Waals surface area contributed by atoms with Gasteiger partial charge in [-0.05, 0) is 18.4 Å². The van der Waals surface area contributed by atoms with Crippen LogP contribution in [-0.2, 0) is 0 Å². The monoisotopic (exact) mass is 269 g/mol. The van der Waals surface area contributed by atoms with Crippen molar-refractivity contribution >= 4 is 23.3 Å². The van der Waals surface area contributed by atoms with Crippen molar-refractivity contribution in [2.45, 2.75) is 33.1 Å². The molecule has 0 unspecified atom stereocenters. The highest BCUT2D eigenvalue weighted by atomic mass is 35.5. The van der Waals surface area contributed by atoms with Crippen molar-refractivity contribution in [3.8, 4) is 0 Å². The highest BCUT2D eigenvalue weighted by Gasteiger charge is 2.10. The lowest BCUT2D eigenvalue weighted by molar-refractivity contribution is 0.0953. The average molecular weight is 270 g/mol. The fourth-order valence-electron chi connectivity index (χ4n) is 1.60. The first kappa shape index (κ1) is 14.8. The van der Waals surface area contributed by atoms with E-state index >= 15 is 0 Å². The number of nitrogen functional groups attached to an aromatic ring is 1. The van der Waals surface area contributed by atoms with Crippen LogP contribution in [0.15, 0.2) is 12.3 Å². The van der Waals surface area contributed by atoms with E-state index in [0.29, 0.717) is 28.9 Å². The number of nitrogens with one attached hydrogen (secondary N) is 1. The molecule has 1 aromatic heterocycles. The molecule has 1 rings (SSSR count). The van der Waals surface area contributed by atoms with E-state index in [0.717, 1.165) is 12.8 Å². The minimum absolute atomic E-state index is 0.196. The number of pyridine rings is 1. The Morgan fingerprint density at radius 1 is 1.50 bits per heavy atom. The van der Waals surface area contributed by atoms with Crippen LogP contribution in [0.3, 0.4) is 0 Å². The van der Waals surface area contributed by atoms with Crippen LogP contribution in [0, 0.1) is 5.92 Å². The minimum atomic E-state index is -0.196. The Morgan fingerprint density at radius 3 is 2.89 bits per heavy atom. The second-order valence-electron chi connectivity index (χ2n) is 4.73. The maximum absolute atomic E-state index is 11.8. The molecule has 0 aliphatic rings. The topological polar surface area (TPSA) is 68.0 Å².